The van der Waals surface area contributed by atoms with Crippen molar-refractivity contribution in [2.24, 2.45) is 5.92 Å². The van der Waals surface area contributed by atoms with Gasteiger partial charge in [0.25, 0.3) is 0 Å². The molecule has 0 spiro atoms. The van der Waals surface area contributed by atoms with Gasteiger partial charge in [0, 0.05) is 24.0 Å². The van der Waals surface area contributed by atoms with Crippen LogP contribution in [0.1, 0.15) is 22.3 Å². The molecular weight excluding hydrogens is 298 g/mol. The van der Waals surface area contributed by atoms with Crippen molar-refractivity contribution < 1.29 is 14.7 Å². The summed E-state index contributed by atoms with van der Waals surface area (Å²) in [6.07, 6.45) is 0.547. The lowest BCUT2D eigenvalue weighted by Crippen LogP contribution is -2.25. The van der Waals surface area contributed by atoms with Gasteiger partial charge in [-0.25, -0.2) is 4.79 Å². The molecule has 1 aromatic carbocycles. The van der Waals surface area contributed by atoms with Gasteiger partial charge in [0.1, 0.15) is 0 Å². The first-order valence-corrected chi connectivity index (χ1v) is 6.85. The molecular formula is C13H14BrNO3. The zero-order chi connectivity index (χ0) is 13.3. The van der Waals surface area contributed by atoms with Crippen LogP contribution in [-0.4, -0.2) is 28.9 Å². The van der Waals surface area contributed by atoms with E-state index in [1.807, 2.05) is 6.92 Å². The van der Waals surface area contributed by atoms with E-state index in [-0.39, 0.29) is 11.5 Å². The van der Waals surface area contributed by atoms with Gasteiger partial charge in [0.2, 0.25) is 5.91 Å². The number of alkyl halides is 1. The molecule has 96 valence electrons. The van der Waals surface area contributed by atoms with E-state index in [4.69, 9.17) is 5.11 Å². The average molecular weight is 312 g/mol. The van der Waals surface area contributed by atoms with Crippen LogP contribution >= 0.6 is 15.9 Å². The number of hydrogen-bond acceptors (Lipinski definition) is 2. The normalized spacial score (nSPS) is 19.3. The quantitative estimate of drug-likeness (QED) is 0.872. The molecule has 1 amide bonds. The monoisotopic (exact) mass is 311 g/mol. The maximum atomic E-state index is 11.9. The zero-order valence-corrected chi connectivity index (χ0v) is 11.6. The second kappa shape index (κ2) is 5.10. The lowest BCUT2D eigenvalue weighted by molar-refractivity contribution is -0.117. The molecule has 1 atom stereocenters. The molecule has 2 rings (SSSR count). The van der Waals surface area contributed by atoms with Crippen molar-refractivity contribution in [3.63, 3.8) is 0 Å². The summed E-state index contributed by atoms with van der Waals surface area (Å²) in [5.74, 6) is -0.516. The van der Waals surface area contributed by atoms with Gasteiger partial charge in [0.15, 0.2) is 0 Å². The minimum Gasteiger partial charge on any atom is -0.478 e. The van der Waals surface area contributed by atoms with Crippen molar-refractivity contribution in [2.45, 2.75) is 13.3 Å². The standard InChI is InChI=1S/C13H14BrNO3/c1-8-4-10(13(17)18)2-3-11(8)15-7-9(6-14)5-12(15)16/h2-4,9H,5-7H2,1H3,(H,17,18). The van der Waals surface area contributed by atoms with Gasteiger partial charge in [0.05, 0.1) is 5.56 Å². The van der Waals surface area contributed by atoms with Crippen molar-refractivity contribution in [1.29, 1.82) is 0 Å². The Morgan fingerprint density at radius 1 is 1.56 bits per heavy atom. The van der Waals surface area contributed by atoms with E-state index in [0.29, 0.717) is 18.9 Å². The Morgan fingerprint density at radius 3 is 2.78 bits per heavy atom. The SMILES string of the molecule is Cc1cc(C(=O)O)ccc1N1CC(CBr)CC1=O. The second-order valence-corrected chi connectivity index (χ2v) is 5.18. The minimum absolute atomic E-state index is 0.102. The first-order chi connectivity index (χ1) is 8.52. The van der Waals surface area contributed by atoms with Crippen molar-refractivity contribution in [3.05, 3.63) is 29.3 Å². The molecule has 0 saturated carbocycles. The van der Waals surface area contributed by atoms with Gasteiger partial charge in [-0.05, 0) is 36.6 Å². The Bertz CT molecular complexity index is 501. The van der Waals surface area contributed by atoms with E-state index in [1.165, 1.54) is 0 Å². The zero-order valence-electron chi connectivity index (χ0n) is 10.0. The molecule has 1 aliphatic rings. The van der Waals surface area contributed by atoms with E-state index < -0.39 is 5.97 Å². The molecule has 1 saturated heterocycles. The number of hydrogen-bond donors (Lipinski definition) is 1. The van der Waals surface area contributed by atoms with Crippen LogP contribution in [0.25, 0.3) is 0 Å². The fourth-order valence-corrected chi connectivity index (χ4v) is 2.64. The highest BCUT2D eigenvalue weighted by atomic mass is 79.9. The molecule has 0 aliphatic carbocycles. The van der Waals surface area contributed by atoms with Crippen molar-refractivity contribution in [2.75, 3.05) is 16.8 Å². The fourth-order valence-electron chi connectivity index (χ4n) is 2.21. The molecule has 5 heteroatoms. The summed E-state index contributed by atoms with van der Waals surface area (Å²) < 4.78 is 0. The third kappa shape index (κ3) is 2.41. The smallest absolute Gasteiger partial charge is 0.335 e. The molecule has 0 aromatic heterocycles. The summed E-state index contributed by atoms with van der Waals surface area (Å²) in [6, 6.07) is 4.86. The van der Waals surface area contributed by atoms with Gasteiger partial charge in [-0.1, -0.05) is 15.9 Å². The summed E-state index contributed by atoms with van der Waals surface area (Å²) in [7, 11) is 0. The van der Waals surface area contributed by atoms with Crippen LogP contribution in [0.2, 0.25) is 0 Å². The molecule has 0 radical (unpaired) electrons. The summed E-state index contributed by atoms with van der Waals surface area (Å²) in [5.41, 5.74) is 1.88. The van der Waals surface area contributed by atoms with E-state index in [1.54, 1.807) is 23.1 Å². The highest BCUT2D eigenvalue weighted by Gasteiger charge is 2.30. The number of carbonyl (C=O) groups is 2. The van der Waals surface area contributed by atoms with E-state index >= 15 is 0 Å². The van der Waals surface area contributed by atoms with E-state index in [0.717, 1.165) is 16.6 Å². The summed E-state index contributed by atoms with van der Waals surface area (Å²) in [6.45, 7) is 2.52. The third-order valence-electron chi connectivity index (χ3n) is 3.16. The molecule has 18 heavy (non-hydrogen) atoms. The molecule has 1 N–H and O–H groups in total. The Hall–Kier alpha value is -1.36. The van der Waals surface area contributed by atoms with Crippen molar-refractivity contribution in [1.82, 2.24) is 0 Å². The number of amides is 1. The van der Waals surface area contributed by atoms with Gasteiger partial charge in [-0.15, -0.1) is 0 Å². The van der Waals surface area contributed by atoms with Gasteiger partial charge in [-0.3, -0.25) is 4.79 Å². The van der Waals surface area contributed by atoms with E-state index in [2.05, 4.69) is 15.9 Å². The summed E-state index contributed by atoms with van der Waals surface area (Å²) in [4.78, 5) is 24.5. The molecule has 1 heterocycles. The number of anilines is 1. The highest BCUT2D eigenvalue weighted by Crippen LogP contribution is 2.29. The molecule has 1 aromatic rings. The van der Waals surface area contributed by atoms with Crippen LogP contribution in [0.3, 0.4) is 0 Å². The van der Waals surface area contributed by atoms with E-state index in [9.17, 15) is 9.59 Å². The number of carboxylic acids is 1. The van der Waals surface area contributed by atoms with Crippen LogP contribution in [0, 0.1) is 12.8 Å². The van der Waals surface area contributed by atoms with Crippen LogP contribution in [-0.2, 0) is 4.79 Å². The molecule has 4 nitrogen and oxygen atoms in total. The van der Waals surface area contributed by atoms with Crippen LogP contribution in [0.4, 0.5) is 5.69 Å². The predicted octanol–water partition coefficient (Wildman–Crippen LogP) is 2.44. The Balaban J connectivity index is 2.29. The van der Waals surface area contributed by atoms with Gasteiger partial charge in [-0.2, -0.15) is 0 Å². The molecule has 1 unspecified atom stereocenters. The Morgan fingerprint density at radius 2 is 2.28 bits per heavy atom. The van der Waals surface area contributed by atoms with Gasteiger partial charge >= 0.3 is 5.97 Å². The number of nitrogens with zero attached hydrogens (tertiary/aromatic N) is 1. The lowest BCUT2D eigenvalue weighted by Gasteiger charge is -2.19. The highest BCUT2D eigenvalue weighted by molar-refractivity contribution is 9.09. The first kappa shape index (κ1) is 13.1. The van der Waals surface area contributed by atoms with Gasteiger partial charge < -0.3 is 10.0 Å². The number of aryl methyl sites for hydroxylation is 1. The van der Waals surface area contributed by atoms with Crippen LogP contribution in [0.15, 0.2) is 18.2 Å². The third-order valence-corrected chi connectivity index (χ3v) is 4.07. The largest absolute Gasteiger partial charge is 0.478 e. The molecule has 1 aliphatic heterocycles. The topological polar surface area (TPSA) is 57.6 Å². The summed E-state index contributed by atoms with van der Waals surface area (Å²) in [5, 5.41) is 9.72. The minimum atomic E-state index is -0.948. The van der Waals surface area contributed by atoms with Crippen molar-refractivity contribution >= 4 is 33.5 Å². The number of rotatable bonds is 3. The lowest BCUT2D eigenvalue weighted by atomic mass is 10.1. The number of halogens is 1. The average Bonchev–Trinajstić information content (AvgIpc) is 2.70. The van der Waals surface area contributed by atoms with Crippen molar-refractivity contribution in [3.8, 4) is 0 Å². The fraction of sp³-hybridized carbons (Fsp3) is 0.385. The maximum Gasteiger partial charge on any atom is 0.335 e. The Labute approximate surface area is 114 Å². The molecule has 1 fully saturated rings. The molecule has 0 bridgehead atoms. The van der Waals surface area contributed by atoms with Crippen LogP contribution < -0.4 is 4.90 Å². The van der Waals surface area contributed by atoms with Crippen LogP contribution in [0.5, 0.6) is 0 Å². The summed E-state index contributed by atoms with van der Waals surface area (Å²) >= 11 is 3.40. The Kier molecular flexibility index (Phi) is 3.71. The number of benzene rings is 1. The number of carboxylic acid groups (broad SMARTS) is 1. The number of aromatic carboxylic acids is 1. The maximum absolute atomic E-state index is 11.9. The predicted molar refractivity (Wildman–Crippen MR) is 72.4 cm³/mol. The number of carbonyl (C=O) groups excluding carboxylic acids is 1. The first-order valence-electron chi connectivity index (χ1n) is 5.73. The second-order valence-electron chi connectivity index (χ2n) is 4.54.